The van der Waals surface area contributed by atoms with Crippen molar-refractivity contribution in [2.45, 2.75) is 11.5 Å². The number of primary amides is 1. The monoisotopic (exact) mass is 352 g/mol. The fourth-order valence-corrected chi connectivity index (χ4v) is 2.73. The third kappa shape index (κ3) is 4.79. The largest absolute Gasteiger partial charge is 0.489 e. The second-order valence-electron chi connectivity index (χ2n) is 3.97. The lowest BCUT2D eigenvalue weighted by molar-refractivity contribution is 0.254. The van der Waals surface area contributed by atoms with Crippen LogP contribution in [0.3, 0.4) is 0 Å². The number of amides is 2. The zero-order valence-electron chi connectivity index (χ0n) is 10.5. The average Bonchev–Trinajstić information content (AvgIpc) is 2.44. The van der Waals surface area contributed by atoms with Crippen LogP contribution in [-0.2, 0) is 6.61 Å². The molecular weight excluding hydrogens is 340 g/mol. The van der Waals surface area contributed by atoms with E-state index in [9.17, 15) is 4.79 Å². The van der Waals surface area contributed by atoms with E-state index in [1.165, 1.54) is 0 Å². The molecule has 0 bridgehead atoms. The molecule has 2 amide bonds. The number of rotatable bonds is 5. The minimum atomic E-state index is -0.582. The second kappa shape index (κ2) is 7.21. The van der Waals surface area contributed by atoms with Crippen molar-refractivity contribution in [1.82, 2.24) is 4.72 Å². The van der Waals surface area contributed by atoms with E-state index in [1.54, 1.807) is 0 Å². The Morgan fingerprint density at radius 1 is 1.25 bits per heavy atom. The van der Waals surface area contributed by atoms with Gasteiger partial charge in [0.1, 0.15) is 12.4 Å². The van der Waals surface area contributed by atoms with Gasteiger partial charge in [0.15, 0.2) is 0 Å². The Morgan fingerprint density at radius 2 is 2.00 bits per heavy atom. The highest BCUT2D eigenvalue weighted by Crippen LogP contribution is 2.27. The summed E-state index contributed by atoms with van der Waals surface area (Å²) in [6, 6.07) is 14.9. The predicted molar refractivity (Wildman–Crippen MR) is 83.5 cm³/mol. The Labute approximate surface area is 130 Å². The molecule has 2 aromatic carbocycles. The molecule has 2 aromatic rings. The molecule has 0 fully saturated rings. The summed E-state index contributed by atoms with van der Waals surface area (Å²) in [5, 5.41) is 0. The minimum absolute atomic E-state index is 0.491. The molecule has 3 N–H and O–H groups in total. The van der Waals surface area contributed by atoms with Crippen LogP contribution in [-0.4, -0.2) is 6.03 Å². The van der Waals surface area contributed by atoms with Gasteiger partial charge in [-0.15, -0.1) is 0 Å². The fraction of sp³-hybridized carbons (Fsp3) is 0.0714. The maximum absolute atomic E-state index is 10.7. The molecule has 4 nitrogen and oxygen atoms in total. The van der Waals surface area contributed by atoms with Crippen LogP contribution in [0.2, 0.25) is 0 Å². The Hall–Kier alpha value is -1.66. The lowest BCUT2D eigenvalue weighted by atomic mass is 10.2. The molecule has 0 atom stereocenters. The van der Waals surface area contributed by atoms with Crippen LogP contribution < -0.4 is 15.2 Å². The van der Waals surface area contributed by atoms with Gasteiger partial charge in [0.25, 0.3) is 0 Å². The fourth-order valence-electron chi connectivity index (χ4n) is 1.53. The number of carbonyl (C=O) groups is 1. The number of ether oxygens (including phenoxy) is 1. The van der Waals surface area contributed by atoms with Gasteiger partial charge in [0.05, 0.1) is 0 Å². The van der Waals surface area contributed by atoms with Crippen molar-refractivity contribution < 1.29 is 9.53 Å². The molecule has 0 aromatic heterocycles. The van der Waals surface area contributed by atoms with E-state index in [-0.39, 0.29) is 0 Å². The van der Waals surface area contributed by atoms with E-state index in [1.807, 2.05) is 48.5 Å². The Kier molecular flexibility index (Phi) is 5.31. The zero-order valence-corrected chi connectivity index (χ0v) is 12.9. The lowest BCUT2D eigenvalue weighted by Gasteiger charge is -2.09. The van der Waals surface area contributed by atoms with Crippen LogP contribution in [0, 0.1) is 0 Å². The first-order valence-corrected chi connectivity index (χ1v) is 7.44. The summed E-state index contributed by atoms with van der Waals surface area (Å²) in [4.78, 5) is 11.5. The maximum Gasteiger partial charge on any atom is 0.322 e. The van der Waals surface area contributed by atoms with Gasteiger partial charge in [-0.1, -0.05) is 46.3 Å². The molecule has 104 valence electrons. The van der Waals surface area contributed by atoms with Gasteiger partial charge >= 0.3 is 6.03 Å². The van der Waals surface area contributed by atoms with E-state index < -0.39 is 6.03 Å². The Balaban J connectivity index is 2.02. The van der Waals surface area contributed by atoms with Crippen LogP contribution in [0.15, 0.2) is 57.9 Å². The van der Waals surface area contributed by atoms with Crippen LogP contribution in [0.4, 0.5) is 4.79 Å². The summed E-state index contributed by atoms with van der Waals surface area (Å²) < 4.78 is 9.07. The lowest BCUT2D eigenvalue weighted by Crippen LogP contribution is -2.22. The summed E-state index contributed by atoms with van der Waals surface area (Å²) in [5.74, 6) is 0.719. The molecule has 0 aliphatic carbocycles. The average molecular weight is 353 g/mol. The van der Waals surface area contributed by atoms with Crippen molar-refractivity contribution in [3.05, 3.63) is 58.6 Å². The highest BCUT2D eigenvalue weighted by molar-refractivity contribution is 9.10. The van der Waals surface area contributed by atoms with Crippen LogP contribution in [0.5, 0.6) is 5.75 Å². The van der Waals surface area contributed by atoms with Crippen molar-refractivity contribution in [2.24, 2.45) is 5.73 Å². The van der Waals surface area contributed by atoms with Crippen molar-refractivity contribution in [2.75, 3.05) is 0 Å². The third-order valence-electron chi connectivity index (χ3n) is 2.36. The molecule has 0 aliphatic rings. The minimum Gasteiger partial charge on any atom is -0.489 e. The van der Waals surface area contributed by atoms with Gasteiger partial charge in [-0.3, -0.25) is 4.72 Å². The summed E-state index contributed by atoms with van der Waals surface area (Å²) in [5.41, 5.74) is 6.13. The summed E-state index contributed by atoms with van der Waals surface area (Å²) in [6.45, 7) is 0.491. The molecule has 0 spiro atoms. The van der Waals surface area contributed by atoms with Crippen LogP contribution >= 0.6 is 27.9 Å². The molecular formula is C14H13BrN2O2S. The van der Waals surface area contributed by atoms with E-state index in [0.29, 0.717) is 6.61 Å². The SMILES string of the molecule is NC(=O)NSc1cc(Br)cc(OCc2ccccc2)c1. The van der Waals surface area contributed by atoms with Gasteiger partial charge in [-0.25, -0.2) is 4.79 Å². The Bertz CT molecular complexity index is 593. The van der Waals surface area contributed by atoms with Gasteiger partial charge in [-0.05, 0) is 35.7 Å². The van der Waals surface area contributed by atoms with Gasteiger partial charge in [0, 0.05) is 9.37 Å². The number of hydrogen-bond acceptors (Lipinski definition) is 3. The number of hydrogen-bond donors (Lipinski definition) is 2. The topological polar surface area (TPSA) is 64.4 Å². The van der Waals surface area contributed by atoms with Gasteiger partial charge < -0.3 is 10.5 Å². The predicted octanol–water partition coefficient (Wildman–Crippen LogP) is 3.70. The molecule has 20 heavy (non-hydrogen) atoms. The van der Waals surface area contributed by atoms with E-state index in [0.717, 1.165) is 32.6 Å². The molecule has 6 heteroatoms. The van der Waals surface area contributed by atoms with E-state index in [4.69, 9.17) is 10.5 Å². The molecule has 0 heterocycles. The highest BCUT2D eigenvalue weighted by Gasteiger charge is 2.03. The maximum atomic E-state index is 10.7. The van der Waals surface area contributed by atoms with Gasteiger partial charge in [0.2, 0.25) is 0 Å². The first-order chi connectivity index (χ1) is 9.63. The molecule has 0 saturated heterocycles. The van der Waals surface area contributed by atoms with Crippen molar-refractivity contribution >= 4 is 33.9 Å². The summed E-state index contributed by atoms with van der Waals surface area (Å²) >= 11 is 4.55. The first-order valence-electron chi connectivity index (χ1n) is 5.83. The molecule has 0 saturated carbocycles. The Morgan fingerprint density at radius 3 is 2.70 bits per heavy atom. The molecule has 0 unspecified atom stereocenters. The van der Waals surface area contributed by atoms with E-state index in [2.05, 4.69) is 20.7 Å². The number of benzene rings is 2. The molecule has 0 radical (unpaired) electrons. The number of urea groups is 1. The number of carbonyl (C=O) groups excluding carboxylic acids is 1. The second-order valence-corrected chi connectivity index (χ2v) is 5.76. The standard InChI is InChI=1S/C14H13BrN2O2S/c15-11-6-12(8-13(7-11)20-17-14(16)18)19-9-10-4-2-1-3-5-10/h1-8H,9H2,(H3,16,17,18). The third-order valence-corrected chi connectivity index (χ3v) is 3.60. The molecule has 2 rings (SSSR count). The summed E-state index contributed by atoms with van der Waals surface area (Å²) in [7, 11) is 0. The van der Waals surface area contributed by atoms with Crippen LogP contribution in [0.1, 0.15) is 5.56 Å². The van der Waals surface area contributed by atoms with Crippen LogP contribution in [0.25, 0.3) is 0 Å². The number of nitrogens with one attached hydrogen (secondary N) is 1. The quantitative estimate of drug-likeness (QED) is 0.806. The molecule has 0 aliphatic heterocycles. The number of halogens is 1. The highest BCUT2D eigenvalue weighted by atomic mass is 79.9. The van der Waals surface area contributed by atoms with Crippen molar-refractivity contribution in [3.8, 4) is 5.75 Å². The van der Waals surface area contributed by atoms with Crippen molar-refractivity contribution in [3.63, 3.8) is 0 Å². The van der Waals surface area contributed by atoms with Crippen molar-refractivity contribution in [1.29, 1.82) is 0 Å². The smallest absolute Gasteiger partial charge is 0.322 e. The first kappa shape index (κ1) is 14.7. The normalized spacial score (nSPS) is 10.1. The summed E-state index contributed by atoms with van der Waals surface area (Å²) in [6.07, 6.45) is 0. The van der Waals surface area contributed by atoms with Gasteiger partial charge in [-0.2, -0.15) is 0 Å². The zero-order chi connectivity index (χ0) is 14.4. The number of nitrogens with two attached hydrogens (primary N) is 1. The van der Waals surface area contributed by atoms with E-state index >= 15 is 0 Å².